The summed E-state index contributed by atoms with van der Waals surface area (Å²) in [5.41, 5.74) is 0. The van der Waals surface area contributed by atoms with Gasteiger partial charge in [0.2, 0.25) is 0 Å². The molecule has 1 spiro atoms. The molecule has 80 valence electrons. The van der Waals surface area contributed by atoms with Crippen molar-refractivity contribution in [2.75, 3.05) is 7.11 Å². The molecule has 0 N–H and O–H groups in total. The van der Waals surface area contributed by atoms with E-state index in [2.05, 4.69) is 11.4 Å². The topological polar surface area (TPSA) is 21.6 Å². The van der Waals surface area contributed by atoms with Crippen LogP contribution >= 0.6 is 0 Å². The summed E-state index contributed by atoms with van der Waals surface area (Å²) in [6.07, 6.45) is 2.40. The van der Waals surface area contributed by atoms with Gasteiger partial charge in [-0.2, -0.15) is 0 Å². The van der Waals surface area contributed by atoms with Gasteiger partial charge in [-0.05, 0) is 0 Å². The quantitative estimate of drug-likeness (QED) is 0.414. The molecule has 10 aliphatic rings. The Morgan fingerprint density at radius 2 is 1.53 bits per heavy atom. The predicted molar refractivity (Wildman–Crippen MR) is 51.9 cm³/mol. The first kappa shape index (κ1) is 5.10. The summed E-state index contributed by atoms with van der Waals surface area (Å²) in [6.45, 7) is -2.80. The molecule has 0 saturated carbocycles. The van der Waals surface area contributed by atoms with Gasteiger partial charge in [0.1, 0.15) is 0 Å². The Kier molecular flexibility index (Phi) is 0.122. The zero-order valence-electron chi connectivity index (χ0n) is 8.48. The molecule has 2 nitrogen and oxygen atoms in total. The number of rotatable bonds is 2. The van der Waals surface area contributed by atoms with Crippen molar-refractivity contribution >= 4 is 6.21 Å². The van der Waals surface area contributed by atoms with E-state index in [0.29, 0.717) is 0 Å². The van der Waals surface area contributed by atoms with Crippen molar-refractivity contribution in [3.8, 4) is 0 Å². The van der Waals surface area contributed by atoms with Crippen molar-refractivity contribution in [1.82, 2.24) is 0 Å². The van der Waals surface area contributed by atoms with Gasteiger partial charge in [-0.3, -0.25) is 0 Å². The van der Waals surface area contributed by atoms with E-state index in [1.165, 1.54) is 43.3 Å². The molecular weight excluding hydrogens is 230 g/mol. The Labute approximate surface area is 77.7 Å². The van der Waals surface area contributed by atoms with Gasteiger partial charge < -0.3 is 0 Å². The molecule has 0 aromatic rings. The van der Waals surface area contributed by atoms with Crippen molar-refractivity contribution in [1.29, 1.82) is 0 Å². The van der Waals surface area contributed by atoms with Crippen molar-refractivity contribution in [3.05, 3.63) is 0 Å². The average molecular weight is 243 g/mol. The van der Waals surface area contributed by atoms with Crippen molar-refractivity contribution < 1.29 is 11.3 Å². The van der Waals surface area contributed by atoms with Gasteiger partial charge in [0.25, 0.3) is 0 Å². The second kappa shape index (κ2) is 0.360. The molecule has 4 atom stereocenters. The van der Waals surface area contributed by atoms with E-state index in [1.807, 2.05) is 0 Å². The molecule has 0 aromatic carbocycles. The molecule has 0 aliphatic carbocycles. The van der Waals surface area contributed by atoms with Crippen LogP contribution in [0, 0.1) is 0 Å². The van der Waals surface area contributed by atoms with Gasteiger partial charge in [0.15, 0.2) is 0 Å². The zero-order chi connectivity index (χ0) is 9.13. The number of hydrogen-bond acceptors (Lipinski definition) is 2. The zero-order valence-corrected chi connectivity index (χ0v) is 9.59. The first-order chi connectivity index (χ1) is 7.11. The Morgan fingerprint density at radius 1 is 1.00 bits per heavy atom. The van der Waals surface area contributed by atoms with Crippen LogP contribution in [0.3, 0.4) is 0 Å². The molecular formula is C12H13FeNO. The average Bonchev–Trinajstić information content (AvgIpc) is 3.18. The molecule has 10 aliphatic heterocycles. The van der Waals surface area contributed by atoms with Crippen molar-refractivity contribution in [2.45, 2.75) is 47.7 Å². The normalized spacial score (nSPS) is 134. The van der Waals surface area contributed by atoms with E-state index >= 15 is 0 Å². The summed E-state index contributed by atoms with van der Waals surface area (Å²) < 4.78 is 0.828. The minimum absolute atomic E-state index is 0.828. The summed E-state index contributed by atoms with van der Waals surface area (Å²) in [5, 5.41) is 4.27. The molecule has 10 fully saturated rings. The molecule has 10 saturated heterocycles. The van der Waals surface area contributed by atoms with Gasteiger partial charge in [0.05, 0.1) is 0 Å². The van der Waals surface area contributed by atoms with Crippen LogP contribution in [-0.4, -0.2) is 13.3 Å². The molecule has 0 bridgehead atoms. The van der Waals surface area contributed by atoms with Crippen LogP contribution in [0.5, 0.6) is 0 Å². The number of oxime groups is 1. The SMILES string of the molecule is CON=C[C]12[CH]3[CH]4[CH]5[CH]1[Fe]45321678[CH]2[CH]1[CH]6[CH]7[CH]28. The fourth-order valence-electron chi connectivity index (χ4n) is 16.8. The second-order valence-corrected chi connectivity index (χ2v) is 33.8. The third-order valence-electron chi connectivity index (χ3n) is 15.1. The van der Waals surface area contributed by atoms with E-state index in [1.54, 1.807) is 7.11 Å². The van der Waals surface area contributed by atoms with Gasteiger partial charge in [-0.1, -0.05) is 0 Å². The van der Waals surface area contributed by atoms with Crippen LogP contribution < -0.4 is 0 Å². The molecule has 0 amide bonds. The maximum absolute atomic E-state index is 5.03. The molecule has 0 aromatic heterocycles. The first-order valence-corrected chi connectivity index (χ1v) is 12.7. The van der Waals surface area contributed by atoms with Crippen LogP contribution in [-0.2, 0) is 11.3 Å². The summed E-state index contributed by atoms with van der Waals surface area (Å²) >= 11 is 0. The monoisotopic (exact) mass is 243 g/mol. The summed E-state index contributed by atoms with van der Waals surface area (Å²) in [7, 11) is 1.72. The Morgan fingerprint density at radius 3 is 1.80 bits per heavy atom. The van der Waals surface area contributed by atoms with Crippen LogP contribution in [0.4, 0.5) is 0 Å². The van der Waals surface area contributed by atoms with E-state index in [9.17, 15) is 0 Å². The van der Waals surface area contributed by atoms with E-state index in [-0.39, 0.29) is 0 Å². The predicted octanol–water partition coefficient (Wildman–Crippen LogP) is 3.38. The van der Waals surface area contributed by atoms with Crippen LogP contribution in [0.25, 0.3) is 0 Å². The third kappa shape index (κ3) is 0.0423. The molecule has 0 radical (unpaired) electrons. The Hall–Kier alpha value is -0.0105. The second-order valence-electron chi connectivity index (χ2n) is 10.2. The van der Waals surface area contributed by atoms with Crippen LogP contribution in [0.1, 0.15) is 0 Å². The van der Waals surface area contributed by atoms with Gasteiger partial charge in [-0.25, -0.2) is 0 Å². The third-order valence-corrected chi connectivity index (χ3v) is 57.6. The van der Waals surface area contributed by atoms with E-state index < -0.39 is 6.51 Å². The standard InChI is InChI=1S/C7H8NO.C5H5.Fe/c1-9-8-6-7-4-2-3-5-7;1-2-4-5-3-1;/h2-6H,1H3;1-5H;. The Balaban J connectivity index is 1.74. The maximum atomic E-state index is 5.03. The number of nitrogens with zero attached hydrogens (tertiary/aromatic N) is 1. The minimum atomic E-state index is -2.80. The Bertz CT molecular complexity index is 850. The molecule has 10 heterocycles. The fraction of sp³-hybridized carbons (Fsp3) is 0.917. The number of hydrogen-bond donors (Lipinski definition) is 0. The summed E-state index contributed by atoms with van der Waals surface area (Å²) in [6, 6.07) is 0. The van der Waals surface area contributed by atoms with Crippen molar-refractivity contribution in [3.63, 3.8) is 0 Å². The van der Waals surface area contributed by atoms with E-state index in [4.69, 9.17) is 4.84 Å². The molecule has 4 unspecified atom stereocenters. The molecule has 3 heteroatoms. The fourth-order valence-corrected chi connectivity index (χ4v) is 90.3. The summed E-state index contributed by atoms with van der Waals surface area (Å²) in [5.74, 6) is 0. The van der Waals surface area contributed by atoms with Gasteiger partial charge >= 0.3 is 77.5 Å². The number of fused-ring (bicyclic) bond motifs is 10. The van der Waals surface area contributed by atoms with Crippen LogP contribution in [0.15, 0.2) is 5.16 Å². The molecule has 15 heavy (non-hydrogen) atoms. The van der Waals surface area contributed by atoms with Crippen LogP contribution in [0.2, 0.25) is 47.7 Å². The van der Waals surface area contributed by atoms with E-state index in [0.717, 1.165) is 4.31 Å². The van der Waals surface area contributed by atoms with Gasteiger partial charge in [-0.15, -0.1) is 0 Å². The van der Waals surface area contributed by atoms with Crippen molar-refractivity contribution in [2.24, 2.45) is 5.16 Å². The summed E-state index contributed by atoms with van der Waals surface area (Å²) in [4.78, 5) is 17.6. The first-order valence-electron chi connectivity index (χ1n) is 6.40. The van der Waals surface area contributed by atoms with Gasteiger partial charge in [0, 0.05) is 0 Å². The molecule has 10 rings (SSSR count).